The van der Waals surface area contributed by atoms with E-state index in [9.17, 15) is 0 Å². The van der Waals surface area contributed by atoms with Crippen LogP contribution in [0.25, 0.3) is 11.3 Å². The first kappa shape index (κ1) is 12.5. The molecule has 0 atom stereocenters. The third kappa shape index (κ3) is 2.23. The molecule has 2 N–H and O–H groups in total. The summed E-state index contributed by atoms with van der Waals surface area (Å²) in [6.45, 7) is 2.16. The van der Waals surface area contributed by atoms with Gasteiger partial charge in [-0.05, 0) is 25.3 Å². The molecule has 0 radical (unpaired) electrons. The molecule has 4 heteroatoms. The van der Waals surface area contributed by atoms with Crippen molar-refractivity contribution in [3.05, 3.63) is 35.1 Å². The van der Waals surface area contributed by atoms with Crippen LogP contribution in [0, 0.1) is 0 Å². The number of aryl methyl sites for hydroxylation is 1. The third-order valence-electron chi connectivity index (χ3n) is 3.54. The molecule has 100 valence electrons. The number of rotatable bonds is 4. The van der Waals surface area contributed by atoms with Crippen molar-refractivity contribution in [3.63, 3.8) is 0 Å². The van der Waals surface area contributed by atoms with Crippen LogP contribution in [0.4, 0.5) is 5.82 Å². The zero-order chi connectivity index (χ0) is 13.4. The summed E-state index contributed by atoms with van der Waals surface area (Å²) in [7, 11) is 0. The van der Waals surface area contributed by atoms with Gasteiger partial charge in [-0.2, -0.15) is 0 Å². The maximum absolute atomic E-state index is 6.32. The second-order valence-corrected chi connectivity index (χ2v) is 5.50. The quantitative estimate of drug-likeness (QED) is 0.914. The molecular weight excluding hydrogens is 258 g/mol. The minimum absolute atomic E-state index is 0.547. The number of halogens is 1. The lowest BCUT2D eigenvalue weighted by molar-refractivity contribution is 0.676. The summed E-state index contributed by atoms with van der Waals surface area (Å²) in [4.78, 5) is 4.75. The topological polar surface area (TPSA) is 43.8 Å². The Hall–Kier alpha value is -1.48. The van der Waals surface area contributed by atoms with E-state index in [0.717, 1.165) is 35.7 Å². The predicted molar refractivity (Wildman–Crippen MR) is 79.4 cm³/mol. The molecule has 3 rings (SSSR count). The van der Waals surface area contributed by atoms with Gasteiger partial charge in [-0.1, -0.05) is 36.7 Å². The van der Waals surface area contributed by atoms with Gasteiger partial charge in [-0.3, -0.25) is 0 Å². The molecule has 0 aliphatic heterocycles. The van der Waals surface area contributed by atoms with Gasteiger partial charge in [0.2, 0.25) is 0 Å². The Morgan fingerprint density at radius 3 is 2.74 bits per heavy atom. The highest BCUT2D eigenvalue weighted by atomic mass is 35.5. The monoisotopic (exact) mass is 275 g/mol. The number of benzene rings is 1. The lowest BCUT2D eigenvalue weighted by Gasteiger charge is -2.07. The molecule has 0 spiro atoms. The van der Waals surface area contributed by atoms with Crippen LogP contribution in [0.2, 0.25) is 5.02 Å². The molecule has 1 aromatic heterocycles. The van der Waals surface area contributed by atoms with Crippen LogP contribution in [-0.2, 0) is 6.42 Å². The summed E-state index contributed by atoms with van der Waals surface area (Å²) in [5.74, 6) is 1.86. The highest BCUT2D eigenvalue weighted by molar-refractivity contribution is 6.33. The molecule has 1 aliphatic carbocycles. The minimum atomic E-state index is 0.547. The fraction of sp³-hybridized carbons (Fsp3) is 0.400. The van der Waals surface area contributed by atoms with E-state index < -0.39 is 0 Å². The molecule has 1 fully saturated rings. The predicted octanol–water partition coefficient (Wildman–Crippen LogP) is 4.07. The number of aromatic nitrogens is 2. The average Bonchev–Trinajstić information content (AvgIpc) is 3.17. The van der Waals surface area contributed by atoms with E-state index >= 15 is 0 Å². The van der Waals surface area contributed by atoms with Gasteiger partial charge < -0.3 is 10.3 Å². The molecule has 0 unspecified atom stereocenters. The van der Waals surface area contributed by atoms with Crippen molar-refractivity contribution in [2.45, 2.75) is 38.6 Å². The number of anilines is 1. The second-order valence-electron chi connectivity index (χ2n) is 5.09. The highest BCUT2D eigenvalue weighted by Gasteiger charge is 2.30. The van der Waals surface area contributed by atoms with Gasteiger partial charge in [0, 0.05) is 18.0 Å². The van der Waals surface area contributed by atoms with Crippen molar-refractivity contribution < 1.29 is 0 Å². The van der Waals surface area contributed by atoms with E-state index in [1.54, 1.807) is 0 Å². The second kappa shape index (κ2) is 4.89. The Morgan fingerprint density at radius 2 is 2.11 bits per heavy atom. The molecule has 2 aromatic rings. The summed E-state index contributed by atoms with van der Waals surface area (Å²) in [5.41, 5.74) is 8.08. The third-order valence-corrected chi connectivity index (χ3v) is 3.87. The Bertz CT molecular complexity index is 599. The molecule has 1 saturated carbocycles. The van der Waals surface area contributed by atoms with Crippen molar-refractivity contribution in [1.29, 1.82) is 0 Å². The molecule has 0 amide bonds. The first-order valence-corrected chi connectivity index (χ1v) is 7.21. The normalized spacial score (nSPS) is 14.8. The number of nitrogens with two attached hydrogens (primary N) is 1. The van der Waals surface area contributed by atoms with E-state index in [1.807, 2.05) is 24.3 Å². The van der Waals surface area contributed by atoms with Crippen molar-refractivity contribution in [2.24, 2.45) is 0 Å². The number of hydrogen-bond donors (Lipinski definition) is 1. The molecule has 0 bridgehead atoms. The fourth-order valence-electron chi connectivity index (χ4n) is 2.48. The van der Waals surface area contributed by atoms with Gasteiger partial charge >= 0.3 is 0 Å². The first-order valence-electron chi connectivity index (χ1n) is 6.83. The standard InChI is InChI=1S/C15H18ClN3/c1-2-5-13-18-14(11-6-3-4-7-12(11)16)15(17)19(13)10-8-9-10/h3-4,6-7,10H,2,5,8-9,17H2,1H3. The molecule has 1 heterocycles. The summed E-state index contributed by atoms with van der Waals surface area (Å²) in [5, 5.41) is 0.706. The van der Waals surface area contributed by atoms with Crippen molar-refractivity contribution in [3.8, 4) is 11.3 Å². The maximum Gasteiger partial charge on any atom is 0.132 e. The van der Waals surface area contributed by atoms with Gasteiger partial charge in [0.15, 0.2) is 0 Å². The number of imidazole rings is 1. The van der Waals surface area contributed by atoms with Crippen molar-refractivity contribution in [1.82, 2.24) is 9.55 Å². The van der Waals surface area contributed by atoms with Crippen LogP contribution in [0.15, 0.2) is 24.3 Å². The Labute approximate surface area is 118 Å². The molecule has 0 saturated heterocycles. The van der Waals surface area contributed by atoms with Gasteiger partial charge in [0.25, 0.3) is 0 Å². The van der Waals surface area contributed by atoms with E-state index in [-0.39, 0.29) is 0 Å². The van der Waals surface area contributed by atoms with Gasteiger partial charge in [-0.15, -0.1) is 0 Å². The van der Waals surface area contributed by atoms with Gasteiger partial charge in [0.05, 0.1) is 5.02 Å². The molecular formula is C15H18ClN3. The van der Waals surface area contributed by atoms with E-state index in [1.165, 1.54) is 12.8 Å². The van der Waals surface area contributed by atoms with E-state index in [0.29, 0.717) is 11.1 Å². The number of hydrogen-bond acceptors (Lipinski definition) is 2. The Kier molecular flexibility index (Phi) is 3.23. The van der Waals surface area contributed by atoms with Crippen LogP contribution in [0.5, 0.6) is 0 Å². The molecule has 1 aliphatic rings. The summed E-state index contributed by atoms with van der Waals surface area (Å²) >= 11 is 6.26. The maximum atomic E-state index is 6.32. The van der Waals surface area contributed by atoms with Crippen LogP contribution < -0.4 is 5.73 Å². The average molecular weight is 276 g/mol. The highest BCUT2D eigenvalue weighted by Crippen LogP contribution is 2.42. The molecule has 19 heavy (non-hydrogen) atoms. The van der Waals surface area contributed by atoms with Gasteiger partial charge in [-0.25, -0.2) is 4.98 Å². The SMILES string of the molecule is CCCc1nc(-c2ccccc2Cl)c(N)n1C1CC1. The smallest absolute Gasteiger partial charge is 0.132 e. The fourth-order valence-corrected chi connectivity index (χ4v) is 2.71. The Balaban J connectivity index is 2.12. The number of nitrogen functional groups attached to an aromatic ring is 1. The zero-order valence-electron chi connectivity index (χ0n) is 11.1. The summed E-state index contributed by atoms with van der Waals surface area (Å²) in [6.07, 6.45) is 4.45. The lowest BCUT2D eigenvalue weighted by Crippen LogP contribution is -2.05. The minimum Gasteiger partial charge on any atom is -0.383 e. The summed E-state index contributed by atoms with van der Waals surface area (Å²) in [6, 6.07) is 8.30. The molecule has 1 aromatic carbocycles. The number of nitrogens with zero attached hydrogens (tertiary/aromatic N) is 2. The van der Waals surface area contributed by atoms with Crippen molar-refractivity contribution >= 4 is 17.4 Å². The van der Waals surface area contributed by atoms with E-state index in [2.05, 4.69) is 11.5 Å². The largest absolute Gasteiger partial charge is 0.383 e. The molecule has 3 nitrogen and oxygen atoms in total. The van der Waals surface area contributed by atoms with E-state index in [4.69, 9.17) is 22.3 Å². The van der Waals surface area contributed by atoms with Crippen LogP contribution in [0.1, 0.15) is 38.1 Å². The van der Waals surface area contributed by atoms with Gasteiger partial charge in [0.1, 0.15) is 17.3 Å². The lowest BCUT2D eigenvalue weighted by atomic mass is 10.1. The summed E-state index contributed by atoms with van der Waals surface area (Å²) < 4.78 is 2.21. The van der Waals surface area contributed by atoms with Crippen LogP contribution >= 0.6 is 11.6 Å². The first-order chi connectivity index (χ1) is 9.22. The zero-order valence-corrected chi connectivity index (χ0v) is 11.8. The van der Waals surface area contributed by atoms with Crippen LogP contribution in [-0.4, -0.2) is 9.55 Å². The Morgan fingerprint density at radius 1 is 1.37 bits per heavy atom. The van der Waals surface area contributed by atoms with Crippen LogP contribution in [0.3, 0.4) is 0 Å². The van der Waals surface area contributed by atoms with Crippen molar-refractivity contribution in [2.75, 3.05) is 5.73 Å².